The van der Waals surface area contributed by atoms with Gasteiger partial charge in [-0.3, -0.25) is 13.9 Å². The zero-order valence-electron chi connectivity index (χ0n) is 23.7. The number of benzene rings is 2. The fraction of sp³-hybridized carbons (Fsp3) is 0.370. The van der Waals surface area contributed by atoms with Gasteiger partial charge in [-0.1, -0.05) is 53.6 Å². The van der Waals surface area contributed by atoms with E-state index >= 15 is 0 Å². The summed E-state index contributed by atoms with van der Waals surface area (Å²) in [5.74, 6) is -0.769. The van der Waals surface area contributed by atoms with Gasteiger partial charge in [0.1, 0.15) is 29.8 Å². The van der Waals surface area contributed by atoms with Crippen LogP contribution < -0.4 is 21.0 Å². The van der Waals surface area contributed by atoms with E-state index < -0.39 is 62.3 Å². The van der Waals surface area contributed by atoms with Crippen LogP contribution in [0.2, 0.25) is 0 Å². The minimum absolute atomic E-state index is 0.0202. The highest BCUT2D eigenvalue weighted by Crippen LogP contribution is 2.48. The molecule has 1 aromatic heterocycles. The predicted octanol–water partition coefficient (Wildman–Crippen LogP) is 2.44. The third kappa shape index (κ3) is 7.81. The summed E-state index contributed by atoms with van der Waals surface area (Å²) in [6, 6.07) is 16.7. The van der Waals surface area contributed by atoms with Crippen LogP contribution in [0.25, 0.3) is 10.4 Å². The standard InChI is InChI=1S/C27H32N7O9P/c1-17(2)41-25(37)20(15-18-9-5-3-6-10-18)31-44(39,43-19-11-7-4-8-12-19)40-16-27(32-33-29)23(36)22(35)24(42-27)34-14-13-21(28)30-26(34)38/h3-14,17,20,22-24,35-36H,15-16H2,1-2H3,(H,31,39)(H2,28,30,38)/t20-,22+,23-,24+,27?,44?/m0/s1. The Balaban J connectivity index is 1.67. The number of carbonyl (C=O) groups excluding carboxylic acids is 1. The van der Waals surface area contributed by atoms with Crippen molar-refractivity contribution in [2.24, 2.45) is 5.11 Å². The summed E-state index contributed by atoms with van der Waals surface area (Å²) in [6.45, 7) is 2.34. The minimum atomic E-state index is -4.61. The number of ether oxygens (including phenoxy) is 2. The van der Waals surface area contributed by atoms with Gasteiger partial charge in [0.2, 0.25) is 5.72 Å². The summed E-state index contributed by atoms with van der Waals surface area (Å²) in [4.78, 5) is 31.8. The number of azide groups is 1. The molecule has 6 atom stereocenters. The Kier molecular flexibility index (Phi) is 10.4. The molecule has 0 amide bonds. The fourth-order valence-corrected chi connectivity index (χ4v) is 5.86. The zero-order valence-corrected chi connectivity index (χ0v) is 24.6. The number of para-hydroxylation sites is 1. The molecule has 17 heteroatoms. The molecule has 0 radical (unpaired) electrons. The second-order valence-corrected chi connectivity index (χ2v) is 11.7. The molecule has 2 unspecified atom stereocenters. The van der Waals surface area contributed by atoms with Gasteiger partial charge in [-0.15, -0.1) is 0 Å². The first kappa shape index (κ1) is 32.6. The summed E-state index contributed by atoms with van der Waals surface area (Å²) in [5.41, 5.74) is 12.2. The van der Waals surface area contributed by atoms with Gasteiger partial charge in [0.25, 0.3) is 0 Å². The number of aromatic nitrogens is 2. The van der Waals surface area contributed by atoms with E-state index in [1.54, 1.807) is 62.4 Å². The van der Waals surface area contributed by atoms with E-state index in [4.69, 9.17) is 24.3 Å². The number of nitrogens with two attached hydrogens (primary N) is 1. The normalized spacial score (nSPS) is 23.3. The SMILES string of the molecule is CC(C)OC(=O)[C@H](Cc1ccccc1)NP(=O)(OCC1(N=[N+]=[N-])O[C@@H](n2ccc(N)nc2=O)[C@H](O)[C@@H]1O)Oc1ccccc1. The molecule has 1 aliphatic heterocycles. The van der Waals surface area contributed by atoms with E-state index in [9.17, 15) is 29.9 Å². The highest BCUT2D eigenvalue weighted by molar-refractivity contribution is 7.52. The molecule has 2 aromatic carbocycles. The largest absolute Gasteiger partial charge is 0.462 e. The van der Waals surface area contributed by atoms with Crippen LogP contribution in [0.5, 0.6) is 5.75 Å². The van der Waals surface area contributed by atoms with Crippen molar-refractivity contribution in [1.82, 2.24) is 14.6 Å². The van der Waals surface area contributed by atoms with E-state index in [0.717, 1.165) is 10.8 Å². The lowest BCUT2D eigenvalue weighted by atomic mass is 10.1. The number of nitrogens with one attached hydrogen (secondary N) is 1. The molecule has 3 aromatic rings. The second-order valence-electron chi connectivity index (χ2n) is 10.1. The molecule has 0 spiro atoms. The molecule has 4 rings (SSSR count). The highest BCUT2D eigenvalue weighted by Gasteiger charge is 2.56. The second kappa shape index (κ2) is 14.0. The van der Waals surface area contributed by atoms with Crippen LogP contribution in [0, 0.1) is 0 Å². The van der Waals surface area contributed by atoms with Gasteiger partial charge in [-0.25, -0.2) is 9.36 Å². The lowest BCUT2D eigenvalue weighted by Gasteiger charge is -2.30. The molecular formula is C27H32N7O9P. The summed E-state index contributed by atoms with van der Waals surface area (Å²) in [7, 11) is -4.61. The molecule has 0 bridgehead atoms. The fourth-order valence-electron chi connectivity index (χ4n) is 4.34. The molecule has 1 aliphatic rings. The van der Waals surface area contributed by atoms with Gasteiger partial charge in [0.05, 0.1) is 12.7 Å². The predicted molar refractivity (Wildman–Crippen MR) is 156 cm³/mol. The number of hydrogen-bond donors (Lipinski definition) is 4. The van der Waals surface area contributed by atoms with Crippen LogP contribution in [-0.2, 0) is 29.8 Å². The van der Waals surface area contributed by atoms with E-state index in [-0.39, 0.29) is 18.0 Å². The van der Waals surface area contributed by atoms with Crippen LogP contribution in [-0.4, -0.2) is 62.4 Å². The summed E-state index contributed by atoms with van der Waals surface area (Å²) < 4.78 is 37.6. The van der Waals surface area contributed by atoms with E-state index in [1.807, 2.05) is 0 Å². The van der Waals surface area contributed by atoms with Crippen LogP contribution in [0.15, 0.2) is 82.8 Å². The molecule has 234 valence electrons. The number of carbonyl (C=O) groups is 1. The van der Waals surface area contributed by atoms with Crippen LogP contribution in [0.3, 0.4) is 0 Å². The Hall–Kier alpha value is -4.27. The number of rotatable bonds is 13. The lowest BCUT2D eigenvalue weighted by molar-refractivity contribution is -0.149. The van der Waals surface area contributed by atoms with Crippen molar-refractivity contribution in [3.8, 4) is 5.75 Å². The zero-order chi connectivity index (χ0) is 31.9. The average Bonchev–Trinajstić information content (AvgIpc) is 3.22. The van der Waals surface area contributed by atoms with Gasteiger partial charge < -0.3 is 29.9 Å². The summed E-state index contributed by atoms with van der Waals surface area (Å²) in [5, 5.41) is 27.9. The Morgan fingerprint density at radius 1 is 1.20 bits per heavy atom. The van der Waals surface area contributed by atoms with Crippen molar-refractivity contribution >= 4 is 19.5 Å². The van der Waals surface area contributed by atoms with E-state index in [1.165, 1.54) is 18.2 Å². The van der Waals surface area contributed by atoms with Gasteiger partial charge in [-0.05, 0) is 49.6 Å². The van der Waals surface area contributed by atoms with Crippen molar-refractivity contribution in [1.29, 1.82) is 0 Å². The van der Waals surface area contributed by atoms with Gasteiger partial charge in [-0.2, -0.15) is 10.1 Å². The number of nitrogen functional groups attached to an aromatic ring is 1. The maximum absolute atomic E-state index is 14.3. The summed E-state index contributed by atoms with van der Waals surface area (Å²) >= 11 is 0. The van der Waals surface area contributed by atoms with Crippen LogP contribution in [0.1, 0.15) is 25.6 Å². The van der Waals surface area contributed by atoms with Crippen molar-refractivity contribution in [3.63, 3.8) is 0 Å². The Morgan fingerprint density at radius 2 is 1.86 bits per heavy atom. The smallest absolute Gasteiger partial charge is 0.459 e. The van der Waals surface area contributed by atoms with E-state index in [0.29, 0.717) is 5.56 Å². The van der Waals surface area contributed by atoms with Crippen molar-refractivity contribution in [2.45, 2.75) is 56.6 Å². The first-order valence-corrected chi connectivity index (χ1v) is 15.0. The number of hydrogen-bond acceptors (Lipinski definition) is 12. The number of aliphatic hydroxyl groups excluding tert-OH is 2. The van der Waals surface area contributed by atoms with E-state index in [2.05, 4.69) is 20.1 Å². The number of nitrogens with zero attached hydrogens (tertiary/aromatic N) is 5. The van der Waals surface area contributed by atoms with Gasteiger partial charge in [0, 0.05) is 11.1 Å². The molecule has 44 heavy (non-hydrogen) atoms. The topological polar surface area (TPSA) is 233 Å². The molecular weight excluding hydrogens is 597 g/mol. The lowest BCUT2D eigenvalue weighted by Crippen LogP contribution is -2.46. The first-order valence-electron chi connectivity index (χ1n) is 13.4. The molecule has 2 heterocycles. The van der Waals surface area contributed by atoms with Crippen molar-refractivity contribution in [3.05, 3.63) is 99.4 Å². The van der Waals surface area contributed by atoms with Crippen molar-refractivity contribution in [2.75, 3.05) is 12.3 Å². The third-order valence-corrected chi connectivity index (χ3v) is 7.93. The molecule has 5 N–H and O–H groups in total. The molecule has 0 aliphatic carbocycles. The molecule has 1 fully saturated rings. The maximum atomic E-state index is 14.3. The Bertz CT molecular complexity index is 1590. The number of aliphatic hydroxyl groups is 2. The van der Waals surface area contributed by atoms with Crippen LogP contribution in [0.4, 0.5) is 5.82 Å². The van der Waals surface area contributed by atoms with Gasteiger partial charge >= 0.3 is 19.4 Å². The Morgan fingerprint density at radius 3 is 2.48 bits per heavy atom. The number of esters is 1. The number of anilines is 1. The molecule has 0 saturated carbocycles. The maximum Gasteiger partial charge on any atom is 0.459 e. The third-order valence-electron chi connectivity index (χ3n) is 6.39. The van der Waals surface area contributed by atoms with Crippen LogP contribution >= 0.6 is 7.75 Å². The monoisotopic (exact) mass is 629 g/mol. The average molecular weight is 630 g/mol. The van der Waals surface area contributed by atoms with Crippen molar-refractivity contribution < 1.29 is 38.1 Å². The first-order chi connectivity index (χ1) is 20.9. The highest BCUT2D eigenvalue weighted by atomic mass is 31.2. The van der Waals surface area contributed by atoms with Gasteiger partial charge in [0.15, 0.2) is 6.23 Å². The minimum Gasteiger partial charge on any atom is -0.462 e. The Labute approximate surface area is 251 Å². The summed E-state index contributed by atoms with van der Waals surface area (Å²) in [6.07, 6.45) is -4.73. The molecule has 1 saturated heterocycles. The molecule has 16 nitrogen and oxygen atoms in total. The quantitative estimate of drug-likeness (QED) is 0.0702.